The van der Waals surface area contributed by atoms with E-state index in [4.69, 9.17) is 0 Å². The molecule has 0 fully saturated rings. The lowest BCUT2D eigenvalue weighted by Gasteiger charge is -2.03. The highest BCUT2D eigenvalue weighted by molar-refractivity contribution is 6.08. The van der Waals surface area contributed by atoms with E-state index in [1.807, 2.05) is 14.8 Å². The van der Waals surface area contributed by atoms with Crippen LogP contribution in [0, 0.1) is 13.8 Å². The van der Waals surface area contributed by atoms with Crippen LogP contribution >= 0.6 is 0 Å². The van der Waals surface area contributed by atoms with Crippen molar-refractivity contribution >= 4 is 14.1 Å². The molecule has 1 aromatic heterocycles. The number of carbonyl (C=O) groups is 1. The summed E-state index contributed by atoms with van der Waals surface area (Å²) in [6, 6.07) is 0. The van der Waals surface area contributed by atoms with Crippen LogP contribution in [0.5, 0.6) is 0 Å². The van der Waals surface area contributed by atoms with E-state index in [0.717, 1.165) is 24.0 Å². The first-order valence-corrected chi connectivity index (χ1v) is 3.98. The third kappa shape index (κ3) is 1.52. The van der Waals surface area contributed by atoms with Crippen LogP contribution in [0.2, 0.25) is 0 Å². The van der Waals surface area contributed by atoms with Gasteiger partial charge in [0.25, 0.3) is 0 Å². The molecule has 1 heterocycles. The van der Waals surface area contributed by atoms with Crippen LogP contribution in [0.25, 0.3) is 0 Å². The molecule has 0 aliphatic carbocycles. The monoisotopic (exact) mass is 162 g/mol. The molecule has 0 amide bonds. The number of hydrogen-bond acceptors (Lipinski definition) is 3. The van der Waals surface area contributed by atoms with Gasteiger partial charge in [0.2, 0.25) is 0 Å². The fourth-order valence-corrected chi connectivity index (χ4v) is 1.11. The van der Waals surface area contributed by atoms with Crippen LogP contribution in [-0.4, -0.2) is 24.1 Å². The Kier molecular flexibility index (Phi) is 2.58. The summed E-state index contributed by atoms with van der Waals surface area (Å²) in [7, 11) is 2.02. The molecular weight excluding hydrogens is 151 g/mol. The minimum atomic E-state index is 0.449. The highest BCUT2D eigenvalue weighted by Gasteiger charge is 2.04. The maximum absolute atomic E-state index is 10.5. The molecule has 0 aromatic carbocycles. The average molecular weight is 162 g/mol. The molecule has 4 heteroatoms. The zero-order chi connectivity index (χ0) is 9.14. The third-order valence-corrected chi connectivity index (χ3v) is 1.83. The summed E-state index contributed by atoms with van der Waals surface area (Å²) in [4.78, 5) is 18.9. The number of aromatic nitrogens is 2. The zero-order valence-corrected chi connectivity index (χ0v) is 7.59. The van der Waals surface area contributed by atoms with E-state index in [-0.39, 0.29) is 0 Å². The zero-order valence-electron chi connectivity index (χ0n) is 7.59. The van der Waals surface area contributed by atoms with Gasteiger partial charge in [-0.05, 0) is 20.2 Å². The van der Waals surface area contributed by atoms with Crippen molar-refractivity contribution in [2.75, 3.05) is 0 Å². The molecule has 0 N–H and O–H groups in total. The van der Waals surface area contributed by atoms with Crippen molar-refractivity contribution in [2.24, 2.45) is 0 Å². The summed E-state index contributed by atoms with van der Waals surface area (Å²) in [6.45, 7) is 3.67. The largest absolute Gasteiger partial charge is 0.296 e. The van der Waals surface area contributed by atoms with Crippen LogP contribution in [-0.2, 0) is 6.32 Å². The normalized spacial score (nSPS) is 9.83. The first kappa shape index (κ1) is 8.91. The maximum atomic E-state index is 10.5. The molecular formula is C8H11BN2O. The Morgan fingerprint density at radius 1 is 1.33 bits per heavy atom. The van der Waals surface area contributed by atoms with Gasteiger partial charge in [-0.25, -0.2) is 4.98 Å². The summed E-state index contributed by atoms with van der Waals surface area (Å²) < 4.78 is 0. The maximum Gasteiger partial charge on any atom is 0.170 e. The second-order valence-corrected chi connectivity index (χ2v) is 2.70. The van der Waals surface area contributed by atoms with Gasteiger partial charge in [0.1, 0.15) is 13.5 Å². The molecule has 0 bridgehead atoms. The SMILES string of the molecule is BCc1nc(C)c(C=O)nc1C. The van der Waals surface area contributed by atoms with Gasteiger partial charge < -0.3 is 0 Å². The molecule has 0 aliphatic heterocycles. The number of rotatable bonds is 2. The first-order chi connectivity index (χ1) is 5.69. The van der Waals surface area contributed by atoms with E-state index in [9.17, 15) is 4.79 Å². The summed E-state index contributed by atoms with van der Waals surface area (Å²) in [5.41, 5.74) is 2.99. The first-order valence-electron chi connectivity index (χ1n) is 3.98. The lowest BCUT2D eigenvalue weighted by Crippen LogP contribution is -2.04. The predicted molar refractivity (Wildman–Crippen MR) is 49.1 cm³/mol. The molecule has 3 nitrogen and oxygen atoms in total. The number of hydrogen-bond donors (Lipinski definition) is 0. The van der Waals surface area contributed by atoms with Crippen molar-refractivity contribution in [3.63, 3.8) is 0 Å². The van der Waals surface area contributed by atoms with Gasteiger partial charge in [-0.2, -0.15) is 0 Å². The average Bonchev–Trinajstić information content (AvgIpc) is 2.08. The van der Waals surface area contributed by atoms with Crippen LogP contribution in [0.15, 0.2) is 0 Å². The van der Waals surface area contributed by atoms with Gasteiger partial charge in [-0.15, -0.1) is 0 Å². The van der Waals surface area contributed by atoms with Crippen molar-refractivity contribution in [1.29, 1.82) is 0 Å². The molecule has 12 heavy (non-hydrogen) atoms. The van der Waals surface area contributed by atoms with E-state index < -0.39 is 0 Å². The van der Waals surface area contributed by atoms with Gasteiger partial charge in [0.05, 0.1) is 17.1 Å². The second-order valence-electron chi connectivity index (χ2n) is 2.70. The number of nitrogens with zero attached hydrogens (tertiary/aromatic N) is 2. The van der Waals surface area contributed by atoms with Crippen LogP contribution in [0.3, 0.4) is 0 Å². The Hall–Kier alpha value is -1.19. The summed E-state index contributed by atoms with van der Waals surface area (Å²) >= 11 is 0. The van der Waals surface area contributed by atoms with Gasteiger partial charge in [0, 0.05) is 0 Å². The van der Waals surface area contributed by atoms with Crippen LogP contribution in [0.4, 0.5) is 0 Å². The molecule has 0 unspecified atom stereocenters. The Balaban J connectivity index is 3.25. The predicted octanol–water partition coefficient (Wildman–Crippen LogP) is 0.0390. The Morgan fingerprint density at radius 3 is 2.50 bits per heavy atom. The molecule has 0 radical (unpaired) electrons. The topological polar surface area (TPSA) is 42.9 Å². The van der Waals surface area contributed by atoms with E-state index in [1.165, 1.54) is 0 Å². The molecule has 0 saturated carbocycles. The highest BCUT2D eigenvalue weighted by atomic mass is 16.1. The molecule has 1 rings (SSSR count). The van der Waals surface area contributed by atoms with Gasteiger partial charge in [-0.1, -0.05) is 0 Å². The minimum absolute atomic E-state index is 0.449. The lowest BCUT2D eigenvalue weighted by molar-refractivity contribution is 0.111. The van der Waals surface area contributed by atoms with E-state index in [0.29, 0.717) is 11.4 Å². The summed E-state index contributed by atoms with van der Waals surface area (Å²) in [5.74, 6) is 0. The fraction of sp³-hybridized carbons (Fsp3) is 0.375. The summed E-state index contributed by atoms with van der Waals surface area (Å²) in [5, 5.41) is 0. The van der Waals surface area contributed by atoms with Crippen molar-refractivity contribution < 1.29 is 4.79 Å². The van der Waals surface area contributed by atoms with Crippen LogP contribution < -0.4 is 0 Å². The molecule has 62 valence electrons. The van der Waals surface area contributed by atoms with Crippen molar-refractivity contribution in [2.45, 2.75) is 20.2 Å². The number of carbonyl (C=O) groups excluding carboxylic acids is 1. The van der Waals surface area contributed by atoms with Gasteiger partial charge in [-0.3, -0.25) is 9.78 Å². The third-order valence-electron chi connectivity index (χ3n) is 1.83. The smallest absolute Gasteiger partial charge is 0.170 e. The van der Waals surface area contributed by atoms with Gasteiger partial charge >= 0.3 is 0 Å². The quantitative estimate of drug-likeness (QED) is 0.455. The van der Waals surface area contributed by atoms with E-state index >= 15 is 0 Å². The van der Waals surface area contributed by atoms with Gasteiger partial charge in [0.15, 0.2) is 6.29 Å². The second kappa shape index (κ2) is 3.47. The molecule has 0 atom stereocenters. The van der Waals surface area contributed by atoms with E-state index in [1.54, 1.807) is 6.92 Å². The Bertz CT molecular complexity index is 312. The molecule has 0 spiro atoms. The molecule has 1 aromatic rings. The standard InChI is InChI=1S/C8H11BN2O/c1-5-7(3-9)10-6(2)8(4-12)11-5/h4H,3,9H2,1-2H3. The number of aldehydes is 1. The lowest BCUT2D eigenvalue weighted by atomic mass is 10.0. The van der Waals surface area contributed by atoms with Crippen molar-refractivity contribution in [3.8, 4) is 0 Å². The highest BCUT2D eigenvalue weighted by Crippen LogP contribution is 2.05. The van der Waals surface area contributed by atoms with Crippen LogP contribution in [0.1, 0.15) is 27.6 Å². The molecule has 0 saturated heterocycles. The minimum Gasteiger partial charge on any atom is -0.296 e. The fourth-order valence-electron chi connectivity index (χ4n) is 1.11. The molecule has 0 aliphatic rings. The Morgan fingerprint density at radius 2 is 2.00 bits per heavy atom. The summed E-state index contributed by atoms with van der Waals surface area (Å²) in [6.07, 6.45) is 1.60. The van der Waals surface area contributed by atoms with Crippen molar-refractivity contribution in [3.05, 3.63) is 22.8 Å². The van der Waals surface area contributed by atoms with Crippen molar-refractivity contribution in [1.82, 2.24) is 9.97 Å². The Labute approximate surface area is 72.6 Å². The van der Waals surface area contributed by atoms with E-state index in [2.05, 4.69) is 9.97 Å². The number of aryl methyl sites for hydroxylation is 2.